The maximum Gasteiger partial charge on any atom is 0.124 e. The monoisotopic (exact) mass is 367 g/mol. The molecule has 2 aromatic carbocycles. The minimum Gasteiger partial charge on any atom is -0.328 e. The van der Waals surface area contributed by atoms with Gasteiger partial charge in [0.1, 0.15) is 11.6 Å². The highest BCUT2D eigenvalue weighted by molar-refractivity contribution is 6.33. The van der Waals surface area contributed by atoms with Crippen LogP contribution in [0.15, 0.2) is 42.7 Å². The van der Waals surface area contributed by atoms with Crippen LogP contribution in [0.5, 0.6) is 0 Å². The maximum atomic E-state index is 13.2. The second kappa shape index (κ2) is 6.89. The predicted octanol–water partition coefficient (Wildman–Crippen LogP) is 4.64. The van der Waals surface area contributed by atoms with Crippen molar-refractivity contribution in [3.8, 4) is 11.3 Å². The summed E-state index contributed by atoms with van der Waals surface area (Å²) in [6.07, 6.45) is 1.61. The lowest BCUT2D eigenvalue weighted by Crippen LogP contribution is -2.09. The molecule has 3 nitrogen and oxygen atoms in total. The molecule has 2 N–H and O–H groups in total. The Morgan fingerprint density at radius 3 is 2.29 bits per heavy atom. The number of imidazole rings is 1. The first-order valence-electron chi connectivity index (χ1n) is 7.13. The van der Waals surface area contributed by atoms with Crippen molar-refractivity contribution in [1.29, 1.82) is 0 Å². The summed E-state index contributed by atoms with van der Waals surface area (Å²) < 4.78 is 28.2. The van der Waals surface area contributed by atoms with E-state index >= 15 is 0 Å². The number of nitrogens with two attached hydrogens (primary N) is 1. The first-order chi connectivity index (χ1) is 11.5. The van der Waals surface area contributed by atoms with Gasteiger partial charge in [-0.2, -0.15) is 0 Å². The Balaban J connectivity index is 2.00. The average molecular weight is 368 g/mol. The first kappa shape index (κ1) is 16.9. The normalized spacial score (nSPS) is 11.0. The molecule has 0 bridgehead atoms. The summed E-state index contributed by atoms with van der Waals surface area (Å²) >= 11 is 12.2. The minimum absolute atomic E-state index is 0.210. The molecule has 0 radical (unpaired) electrons. The average Bonchev–Trinajstić information content (AvgIpc) is 2.92. The molecule has 124 valence electrons. The fourth-order valence-corrected chi connectivity index (χ4v) is 2.98. The van der Waals surface area contributed by atoms with Crippen molar-refractivity contribution in [2.75, 3.05) is 0 Å². The standard InChI is InChI=1S/C17H13Cl2F2N3/c18-14-5-11(20)2-1-10(14)8-24-9-23-17(16(24)7-22)13-4-3-12(21)6-15(13)19/h1-6,9H,7-8,22H2. The zero-order chi connectivity index (χ0) is 17.3. The molecule has 7 heteroatoms. The number of nitrogens with zero attached hydrogens (tertiary/aromatic N) is 2. The van der Waals surface area contributed by atoms with Crippen LogP contribution in [0.3, 0.4) is 0 Å². The summed E-state index contributed by atoms with van der Waals surface area (Å²) in [4.78, 5) is 4.35. The van der Waals surface area contributed by atoms with Crippen LogP contribution >= 0.6 is 23.2 Å². The number of hydrogen-bond acceptors (Lipinski definition) is 2. The van der Waals surface area contributed by atoms with Crippen molar-refractivity contribution in [3.63, 3.8) is 0 Å². The number of hydrogen-bond donors (Lipinski definition) is 1. The van der Waals surface area contributed by atoms with E-state index in [4.69, 9.17) is 28.9 Å². The van der Waals surface area contributed by atoms with Crippen molar-refractivity contribution in [1.82, 2.24) is 9.55 Å². The smallest absolute Gasteiger partial charge is 0.124 e. The molecule has 0 spiro atoms. The van der Waals surface area contributed by atoms with E-state index in [1.165, 1.54) is 24.3 Å². The molecular weight excluding hydrogens is 355 g/mol. The fraction of sp³-hybridized carbons (Fsp3) is 0.118. The summed E-state index contributed by atoms with van der Waals surface area (Å²) in [5.41, 5.74) is 8.51. The van der Waals surface area contributed by atoms with E-state index in [2.05, 4.69) is 4.98 Å². The van der Waals surface area contributed by atoms with Gasteiger partial charge in [-0.15, -0.1) is 0 Å². The van der Waals surface area contributed by atoms with Crippen LogP contribution in [0.2, 0.25) is 10.0 Å². The third-order valence-corrected chi connectivity index (χ3v) is 4.35. The largest absolute Gasteiger partial charge is 0.328 e. The van der Waals surface area contributed by atoms with E-state index in [1.54, 1.807) is 18.5 Å². The number of rotatable bonds is 4. The third-order valence-electron chi connectivity index (χ3n) is 3.68. The van der Waals surface area contributed by atoms with E-state index in [-0.39, 0.29) is 11.6 Å². The highest BCUT2D eigenvalue weighted by Crippen LogP contribution is 2.30. The van der Waals surface area contributed by atoms with Crippen LogP contribution in [0.25, 0.3) is 11.3 Å². The molecule has 0 aliphatic rings. The van der Waals surface area contributed by atoms with Crippen LogP contribution in [-0.2, 0) is 13.1 Å². The van der Waals surface area contributed by atoms with Crippen molar-refractivity contribution in [2.24, 2.45) is 5.73 Å². The summed E-state index contributed by atoms with van der Waals surface area (Å²) in [6.45, 7) is 0.597. The summed E-state index contributed by atoms with van der Waals surface area (Å²) in [5, 5.41) is 0.586. The van der Waals surface area contributed by atoms with Crippen LogP contribution in [0, 0.1) is 11.6 Å². The number of halogens is 4. The lowest BCUT2D eigenvalue weighted by atomic mass is 10.1. The van der Waals surface area contributed by atoms with Gasteiger partial charge < -0.3 is 10.3 Å². The summed E-state index contributed by atoms with van der Waals surface area (Å²) in [7, 11) is 0. The van der Waals surface area contributed by atoms with Gasteiger partial charge in [-0.1, -0.05) is 29.3 Å². The van der Waals surface area contributed by atoms with Crippen molar-refractivity contribution in [3.05, 3.63) is 75.7 Å². The van der Waals surface area contributed by atoms with Crippen molar-refractivity contribution >= 4 is 23.2 Å². The minimum atomic E-state index is -0.421. The topological polar surface area (TPSA) is 43.8 Å². The Morgan fingerprint density at radius 2 is 1.67 bits per heavy atom. The Labute approximate surface area is 147 Å². The quantitative estimate of drug-likeness (QED) is 0.729. The van der Waals surface area contributed by atoms with Gasteiger partial charge in [0.25, 0.3) is 0 Å². The van der Waals surface area contributed by atoms with Crippen molar-refractivity contribution in [2.45, 2.75) is 13.1 Å². The lowest BCUT2D eigenvalue weighted by Gasteiger charge is -2.10. The van der Waals surface area contributed by atoms with Crippen LogP contribution in [0.1, 0.15) is 11.3 Å². The molecule has 3 rings (SSSR count). The molecule has 3 aromatic rings. The molecule has 0 aliphatic carbocycles. The Kier molecular flexibility index (Phi) is 4.85. The SMILES string of the molecule is NCc1c(-c2ccc(F)cc2Cl)ncn1Cc1ccc(F)cc1Cl. The molecule has 0 saturated heterocycles. The van der Waals surface area contributed by atoms with E-state index in [9.17, 15) is 8.78 Å². The third kappa shape index (κ3) is 3.29. The van der Waals surface area contributed by atoms with E-state index in [1.807, 2.05) is 4.57 Å². The van der Waals surface area contributed by atoms with Crippen LogP contribution in [0.4, 0.5) is 8.78 Å². The van der Waals surface area contributed by atoms with Crippen molar-refractivity contribution < 1.29 is 8.78 Å². The fourth-order valence-electron chi connectivity index (χ4n) is 2.50. The van der Waals surface area contributed by atoms with E-state index < -0.39 is 11.6 Å². The van der Waals surface area contributed by atoms with Gasteiger partial charge in [-0.05, 0) is 35.9 Å². The highest BCUT2D eigenvalue weighted by atomic mass is 35.5. The molecule has 1 aromatic heterocycles. The maximum absolute atomic E-state index is 13.2. The zero-order valence-electron chi connectivity index (χ0n) is 12.4. The van der Waals surface area contributed by atoms with Crippen LogP contribution < -0.4 is 5.73 Å². The lowest BCUT2D eigenvalue weighted by molar-refractivity contribution is 0.626. The summed E-state index contributed by atoms with van der Waals surface area (Å²) in [6, 6.07) is 8.33. The second-order valence-electron chi connectivity index (χ2n) is 5.23. The van der Waals surface area contributed by atoms with Gasteiger partial charge in [-0.25, -0.2) is 13.8 Å². The van der Waals surface area contributed by atoms with Gasteiger partial charge in [0.2, 0.25) is 0 Å². The Hall–Kier alpha value is -1.95. The molecule has 0 aliphatic heterocycles. The first-order valence-corrected chi connectivity index (χ1v) is 7.88. The van der Waals surface area contributed by atoms with Crippen LogP contribution in [-0.4, -0.2) is 9.55 Å². The second-order valence-corrected chi connectivity index (χ2v) is 6.05. The Morgan fingerprint density at radius 1 is 1.00 bits per heavy atom. The van der Waals surface area contributed by atoms with E-state index in [0.717, 1.165) is 11.3 Å². The zero-order valence-corrected chi connectivity index (χ0v) is 14.0. The van der Waals surface area contributed by atoms with Gasteiger partial charge in [-0.3, -0.25) is 0 Å². The molecule has 0 atom stereocenters. The molecule has 0 fully saturated rings. The van der Waals surface area contributed by atoms with Gasteiger partial charge in [0, 0.05) is 17.1 Å². The van der Waals surface area contributed by atoms with Gasteiger partial charge >= 0.3 is 0 Å². The predicted molar refractivity (Wildman–Crippen MR) is 91.0 cm³/mol. The highest BCUT2D eigenvalue weighted by Gasteiger charge is 2.16. The number of benzene rings is 2. The molecule has 0 amide bonds. The molecular formula is C17H13Cl2F2N3. The van der Waals surface area contributed by atoms with E-state index in [0.29, 0.717) is 22.8 Å². The molecule has 0 unspecified atom stereocenters. The summed E-state index contributed by atoms with van der Waals surface area (Å²) in [5.74, 6) is -0.817. The molecule has 0 saturated carbocycles. The Bertz CT molecular complexity index is 894. The molecule has 1 heterocycles. The van der Waals surface area contributed by atoms with Gasteiger partial charge in [0.15, 0.2) is 0 Å². The number of aromatic nitrogens is 2. The molecule has 24 heavy (non-hydrogen) atoms. The van der Waals surface area contributed by atoms with Gasteiger partial charge in [0.05, 0.1) is 29.3 Å².